The SMILES string of the molecule is Cl/C(=C\c1ccc(N2CCOCC2)cc1)c1nc(-c2cccs2)no1. The van der Waals surface area contributed by atoms with Gasteiger partial charge in [-0.05, 0) is 35.2 Å². The summed E-state index contributed by atoms with van der Waals surface area (Å²) in [7, 11) is 0. The molecule has 0 radical (unpaired) electrons. The lowest BCUT2D eigenvalue weighted by Crippen LogP contribution is -2.36. The van der Waals surface area contributed by atoms with Gasteiger partial charge in [-0.25, -0.2) is 0 Å². The monoisotopic (exact) mass is 373 g/mol. The molecule has 1 aromatic carbocycles. The molecule has 1 saturated heterocycles. The Hall–Kier alpha value is -2.15. The maximum absolute atomic E-state index is 6.35. The summed E-state index contributed by atoms with van der Waals surface area (Å²) >= 11 is 7.90. The van der Waals surface area contributed by atoms with E-state index >= 15 is 0 Å². The molecule has 7 heteroatoms. The molecule has 4 rings (SSSR count). The average molecular weight is 374 g/mol. The van der Waals surface area contributed by atoms with Gasteiger partial charge in [0.15, 0.2) is 0 Å². The van der Waals surface area contributed by atoms with Crippen molar-refractivity contribution in [2.24, 2.45) is 0 Å². The smallest absolute Gasteiger partial charge is 0.269 e. The van der Waals surface area contributed by atoms with E-state index in [1.165, 1.54) is 5.69 Å². The molecule has 1 fully saturated rings. The van der Waals surface area contributed by atoms with Gasteiger partial charge in [0, 0.05) is 18.8 Å². The fourth-order valence-electron chi connectivity index (χ4n) is 2.64. The molecule has 3 heterocycles. The largest absolute Gasteiger partial charge is 0.378 e. The fraction of sp³-hybridized carbons (Fsp3) is 0.222. The number of benzene rings is 1. The van der Waals surface area contributed by atoms with E-state index in [4.69, 9.17) is 20.9 Å². The number of morpholine rings is 1. The van der Waals surface area contributed by atoms with Gasteiger partial charge in [-0.3, -0.25) is 0 Å². The first kappa shape index (κ1) is 16.3. The zero-order valence-corrected chi connectivity index (χ0v) is 15.0. The molecular formula is C18H16ClN3O2S. The molecule has 0 unspecified atom stereocenters. The van der Waals surface area contributed by atoms with Crippen LogP contribution in [0.2, 0.25) is 0 Å². The molecule has 0 bridgehead atoms. The van der Waals surface area contributed by atoms with Crippen LogP contribution in [0.3, 0.4) is 0 Å². The normalized spacial score (nSPS) is 15.6. The second-order valence-electron chi connectivity index (χ2n) is 5.58. The lowest BCUT2D eigenvalue weighted by Gasteiger charge is -2.28. The van der Waals surface area contributed by atoms with Gasteiger partial charge in [0.25, 0.3) is 5.89 Å². The van der Waals surface area contributed by atoms with E-state index in [9.17, 15) is 0 Å². The summed E-state index contributed by atoms with van der Waals surface area (Å²) in [6, 6.07) is 12.1. The summed E-state index contributed by atoms with van der Waals surface area (Å²) in [5.74, 6) is 0.876. The Labute approximate surface area is 154 Å². The van der Waals surface area contributed by atoms with Gasteiger partial charge in [0.1, 0.15) is 5.03 Å². The van der Waals surface area contributed by atoms with Crippen molar-refractivity contribution >= 4 is 39.7 Å². The molecule has 25 heavy (non-hydrogen) atoms. The summed E-state index contributed by atoms with van der Waals surface area (Å²) in [6.45, 7) is 3.39. The van der Waals surface area contributed by atoms with Crippen LogP contribution in [0.25, 0.3) is 21.8 Å². The van der Waals surface area contributed by atoms with Crippen molar-refractivity contribution in [1.29, 1.82) is 0 Å². The zero-order valence-electron chi connectivity index (χ0n) is 13.4. The third-order valence-corrected chi connectivity index (χ3v) is 5.07. The molecule has 0 aliphatic carbocycles. The zero-order chi connectivity index (χ0) is 17.1. The third kappa shape index (κ3) is 3.76. The van der Waals surface area contributed by atoms with Gasteiger partial charge >= 0.3 is 0 Å². The average Bonchev–Trinajstić information content (AvgIpc) is 3.35. The highest BCUT2D eigenvalue weighted by atomic mass is 35.5. The number of ether oxygens (including phenoxy) is 1. The van der Waals surface area contributed by atoms with Crippen molar-refractivity contribution in [3.63, 3.8) is 0 Å². The van der Waals surface area contributed by atoms with Gasteiger partial charge in [0.05, 0.1) is 18.1 Å². The van der Waals surface area contributed by atoms with Crippen LogP contribution in [0.4, 0.5) is 5.69 Å². The van der Waals surface area contributed by atoms with Crippen molar-refractivity contribution in [3.8, 4) is 10.7 Å². The predicted octanol–water partition coefficient (Wildman–Crippen LogP) is 4.37. The second kappa shape index (κ2) is 7.39. The molecule has 3 aromatic rings. The van der Waals surface area contributed by atoms with Crippen LogP contribution >= 0.6 is 22.9 Å². The maximum atomic E-state index is 6.35. The summed E-state index contributed by atoms with van der Waals surface area (Å²) in [5, 5.41) is 6.37. The Kier molecular flexibility index (Phi) is 4.83. The molecule has 2 aromatic heterocycles. The fourth-order valence-corrected chi connectivity index (χ4v) is 3.49. The standard InChI is InChI=1S/C18H16ClN3O2S/c19-15(18-20-17(21-24-18)16-2-1-11-25-16)12-13-3-5-14(6-4-13)22-7-9-23-10-8-22/h1-6,11-12H,7-10H2/b15-12-. The van der Waals surface area contributed by atoms with Crippen LogP contribution in [0.15, 0.2) is 46.3 Å². The Morgan fingerprint density at radius 1 is 1.16 bits per heavy atom. The molecular weight excluding hydrogens is 358 g/mol. The number of nitrogens with zero attached hydrogens (tertiary/aromatic N) is 3. The van der Waals surface area contributed by atoms with Gasteiger partial charge in [-0.15, -0.1) is 11.3 Å². The van der Waals surface area contributed by atoms with E-state index in [2.05, 4.69) is 27.2 Å². The first-order chi connectivity index (χ1) is 12.3. The molecule has 0 N–H and O–H groups in total. The van der Waals surface area contributed by atoms with E-state index in [-0.39, 0.29) is 0 Å². The second-order valence-corrected chi connectivity index (χ2v) is 6.94. The third-order valence-electron chi connectivity index (χ3n) is 3.93. The topological polar surface area (TPSA) is 51.4 Å². The van der Waals surface area contributed by atoms with Crippen LogP contribution in [0.1, 0.15) is 11.5 Å². The van der Waals surface area contributed by atoms with Crippen LogP contribution in [0, 0.1) is 0 Å². The number of aromatic nitrogens is 2. The first-order valence-corrected chi connectivity index (χ1v) is 9.23. The maximum Gasteiger partial charge on any atom is 0.269 e. The Morgan fingerprint density at radius 3 is 2.68 bits per heavy atom. The molecule has 0 spiro atoms. The molecule has 5 nitrogen and oxygen atoms in total. The number of hydrogen-bond acceptors (Lipinski definition) is 6. The molecule has 0 atom stereocenters. The minimum absolute atomic E-state index is 0.322. The Balaban J connectivity index is 1.50. The summed E-state index contributed by atoms with van der Waals surface area (Å²) in [4.78, 5) is 7.61. The van der Waals surface area contributed by atoms with E-state index in [1.807, 2.05) is 35.7 Å². The van der Waals surface area contributed by atoms with Crippen molar-refractivity contribution < 1.29 is 9.26 Å². The molecule has 128 valence electrons. The Bertz CT molecular complexity index is 853. The number of halogens is 1. The van der Waals surface area contributed by atoms with Gasteiger partial charge in [0.2, 0.25) is 5.82 Å². The lowest BCUT2D eigenvalue weighted by molar-refractivity contribution is 0.122. The van der Waals surface area contributed by atoms with E-state index < -0.39 is 0 Å². The summed E-state index contributed by atoms with van der Waals surface area (Å²) in [6.07, 6.45) is 1.83. The highest BCUT2D eigenvalue weighted by Gasteiger charge is 2.13. The van der Waals surface area contributed by atoms with Crippen LogP contribution in [-0.4, -0.2) is 36.4 Å². The Morgan fingerprint density at radius 2 is 1.96 bits per heavy atom. The highest BCUT2D eigenvalue weighted by Crippen LogP contribution is 2.26. The van der Waals surface area contributed by atoms with E-state index in [0.717, 1.165) is 36.7 Å². The molecule has 0 amide bonds. The van der Waals surface area contributed by atoms with Crippen molar-refractivity contribution in [1.82, 2.24) is 10.1 Å². The van der Waals surface area contributed by atoms with Crippen molar-refractivity contribution in [2.45, 2.75) is 0 Å². The summed E-state index contributed by atoms with van der Waals surface area (Å²) in [5.41, 5.74) is 2.17. The van der Waals surface area contributed by atoms with E-state index in [1.54, 1.807) is 11.3 Å². The van der Waals surface area contributed by atoms with Crippen LogP contribution in [0.5, 0.6) is 0 Å². The predicted molar refractivity (Wildman–Crippen MR) is 101 cm³/mol. The number of thiophene rings is 1. The van der Waals surface area contributed by atoms with Crippen molar-refractivity contribution in [2.75, 3.05) is 31.2 Å². The lowest BCUT2D eigenvalue weighted by atomic mass is 10.1. The molecule has 0 saturated carbocycles. The molecule has 1 aliphatic heterocycles. The minimum atomic E-state index is 0.322. The van der Waals surface area contributed by atoms with Gasteiger partial charge in [-0.1, -0.05) is 35.0 Å². The van der Waals surface area contributed by atoms with E-state index in [0.29, 0.717) is 16.7 Å². The number of anilines is 1. The quantitative estimate of drug-likeness (QED) is 0.679. The molecule has 1 aliphatic rings. The van der Waals surface area contributed by atoms with Crippen LogP contribution in [-0.2, 0) is 4.74 Å². The summed E-state index contributed by atoms with van der Waals surface area (Å²) < 4.78 is 10.6. The van der Waals surface area contributed by atoms with Gasteiger partial charge in [-0.2, -0.15) is 4.98 Å². The number of hydrogen-bond donors (Lipinski definition) is 0. The van der Waals surface area contributed by atoms with Gasteiger partial charge < -0.3 is 14.2 Å². The number of rotatable bonds is 4. The highest BCUT2D eigenvalue weighted by molar-refractivity contribution is 7.13. The minimum Gasteiger partial charge on any atom is -0.378 e. The van der Waals surface area contributed by atoms with Crippen molar-refractivity contribution in [3.05, 3.63) is 53.2 Å². The first-order valence-electron chi connectivity index (χ1n) is 7.97. The van der Waals surface area contributed by atoms with Crippen LogP contribution < -0.4 is 4.90 Å².